The van der Waals surface area contributed by atoms with Crippen molar-refractivity contribution in [2.45, 2.75) is 37.8 Å². The Morgan fingerprint density at radius 2 is 2.12 bits per heavy atom. The minimum atomic E-state index is -0.922. The minimum absolute atomic E-state index is 0.0756. The van der Waals surface area contributed by atoms with E-state index in [2.05, 4.69) is 38.3 Å². The monoisotopic (exact) mass is 462 g/mol. The van der Waals surface area contributed by atoms with E-state index in [9.17, 15) is 4.79 Å². The van der Waals surface area contributed by atoms with E-state index in [4.69, 9.17) is 19.8 Å². The summed E-state index contributed by atoms with van der Waals surface area (Å²) in [4.78, 5) is 29.0. The van der Waals surface area contributed by atoms with Gasteiger partial charge in [-0.25, -0.2) is 14.8 Å². The number of benzene rings is 1. The number of amides is 1. The summed E-state index contributed by atoms with van der Waals surface area (Å²) in [5, 5.41) is 12.8. The topological polar surface area (TPSA) is 107 Å². The molecule has 4 heterocycles. The number of carboxylic acid groups (broad SMARTS) is 1. The van der Waals surface area contributed by atoms with E-state index in [1.54, 1.807) is 0 Å². The molecule has 0 bridgehead atoms. The highest BCUT2D eigenvalue weighted by Gasteiger charge is 2.36. The number of fused-ring (bicyclic) bond motifs is 4. The van der Waals surface area contributed by atoms with Gasteiger partial charge in [0.2, 0.25) is 0 Å². The van der Waals surface area contributed by atoms with Gasteiger partial charge in [0.15, 0.2) is 11.6 Å². The first-order valence-electron chi connectivity index (χ1n) is 12.2. The molecule has 1 aliphatic carbocycles. The number of carbonyl (C=O) groups is 1. The number of anilines is 2. The lowest BCUT2D eigenvalue weighted by Crippen LogP contribution is -2.56. The number of H-pyrrole nitrogens is 1. The molecule has 2 aromatic heterocycles. The third-order valence-electron chi connectivity index (χ3n) is 7.51. The van der Waals surface area contributed by atoms with Crippen LogP contribution in [0.15, 0.2) is 36.7 Å². The van der Waals surface area contributed by atoms with Gasteiger partial charge >= 0.3 is 6.09 Å². The summed E-state index contributed by atoms with van der Waals surface area (Å²) in [6.07, 6.45) is 6.86. The highest BCUT2D eigenvalue weighted by molar-refractivity contribution is 5.93. The lowest BCUT2D eigenvalue weighted by atomic mass is 9.85. The zero-order chi connectivity index (χ0) is 23.1. The number of hydrogen-bond acceptors (Lipinski definition) is 6. The lowest BCUT2D eigenvalue weighted by Gasteiger charge is -2.46. The van der Waals surface area contributed by atoms with E-state index in [-0.39, 0.29) is 12.1 Å². The molecule has 1 atom stereocenters. The van der Waals surface area contributed by atoms with Crippen LogP contribution in [0.5, 0.6) is 0 Å². The second-order valence-electron chi connectivity index (χ2n) is 9.64. The van der Waals surface area contributed by atoms with E-state index < -0.39 is 6.09 Å². The van der Waals surface area contributed by atoms with E-state index in [0.717, 1.165) is 79.1 Å². The van der Waals surface area contributed by atoms with Gasteiger partial charge in [0, 0.05) is 48.3 Å². The molecule has 1 saturated carbocycles. The van der Waals surface area contributed by atoms with Crippen molar-refractivity contribution in [3.8, 4) is 11.4 Å². The van der Waals surface area contributed by atoms with Crippen molar-refractivity contribution in [1.29, 1.82) is 0 Å². The smallest absolute Gasteiger partial charge is 0.404 e. The molecule has 0 spiro atoms. The molecule has 6 rings (SSSR count). The molecule has 9 nitrogen and oxygen atoms in total. The van der Waals surface area contributed by atoms with E-state index in [1.807, 2.05) is 18.5 Å². The van der Waals surface area contributed by atoms with Crippen LogP contribution in [-0.4, -0.2) is 71.1 Å². The molecular weight excluding hydrogens is 432 g/mol. The summed E-state index contributed by atoms with van der Waals surface area (Å²) in [7, 11) is 0. The van der Waals surface area contributed by atoms with Crippen LogP contribution >= 0.6 is 0 Å². The molecular formula is C25H30N6O3. The first kappa shape index (κ1) is 21.2. The van der Waals surface area contributed by atoms with Crippen LogP contribution in [0.25, 0.3) is 22.3 Å². The summed E-state index contributed by atoms with van der Waals surface area (Å²) in [5.41, 5.74) is 3.21. The van der Waals surface area contributed by atoms with Crippen LogP contribution in [0.1, 0.15) is 25.7 Å². The van der Waals surface area contributed by atoms with Crippen molar-refractivity contribution >= 4 is 28.5 Å². The molecule has 9 heteroatoms. The molecule has 1 saturated heterocycles. The average molecular weight is 463 g/mol. The van der Waals surface area contributed by atoms with Gasteiger partial charge in [0.05, 0.1) is 31.1 Å². The van der Waals surface area contributed by atoms with Gasteiger partial charge in [-0.3, -0.25) is 0 Å². The molecule has 34 heavy (non-hydrogen) atoms. The lowest BCUT2D eigenvalue weighted by molar-refractivity contribution is 0.0932. The number of aromatic amines is 1. The summed E-state index contributed by atoms with van der Waals surface area (Å²) in [5.74, 6) is 2.28. The molecule has 0 radical (unpaired) electrons. The number of morpholine rings is 1. The maximum atomic E-state index is 11.0. The Labute approximate surface area is 198 Å². The first-order valence-corrected chi connectivity index (χ1v) is 12.2. The SMILES string of the molecule is O=C(O)NC1CCC(CN2C[C@@H]3COCCN3c3nc(-c4cccc5[nH]ccc45)ncc32)CC1. The van der Waals surface area contributed by atoms with E-state index in [1.165, 1.54) is 0 Å². The van der Waals surface area contributed by atoms with Crippen LogP contribution in [0.2, 0.25) is 0 Å². The van der Waals surface area contributed by atoms with Gasteiger partial charge in [0.1, 0.15) is 0 Å². The Balaban J connectivity index is 1.28. The maximum absolute atomic E-state index is 11.0. The zero-order valence-corrected chi connectivity index (χ0v) is 19.1. The van der Waals surface area contributed by atoms with Gasteiger partial charge in [-0.2, -0.15) is 0 Å². The Hall–Kier alpha value is -3.33. The third kappa shape index (κ3) is 3.94. The van der Waals surface area contributed by atoms with Gasteiger partial charge in [0.25, 0.3) is 0 Å². The average Bonchev–Trinajstić information content (AvgIpc) is 3.34. The zero-order valence-electron chi connectivity index (χ0n) is 19.1. The third-order valence-corrected chi connectivity index (χ3v) is 7.51. The van der Waals surface area contributed by atoms with Crippen molar-refractivity contribution in [2.75, 3.05) is 42.6 Å². The van der Waals surface area contributed by atoms with Crippen molar-refractivity contribution in [3.63, 3.8) is 0 Å². The predicted molar refractivity (Wildman–Crippen MR) is 130 cm³/mol. The largest absolute Gasteiger partial charge is 0.465 e. The van der Waals surface area contributed by atoms with Gasteiger partial charge in [-0.1, -0.05) is 12.1 Å². The molecule has 1 aromatic carbocycles. The molecule has 0 unspecified atom stereocenters. The summed E-state index contributed by atoms with van der Waals surface area (Å²) >= 11 is 0. The van der Waals surface area contributed by atoms with Gasteiger partial charge in [-0.05, 0) is 43.7 Å². The van der Waals surface area contributed by atoms with Crippen LogP contribution < -0.4 is 15.1 Å². The minimum Gasteiger partial charge on any atom is -0.465 e. The molecule has 178 valence electrons. The highest BCUT2D eigenvalue weighted by Crippen LogP contribution is 2.38. The Morgan fingerprint density at radius 1 is 1.24 bits per heavy atom. The number of rotatable bonds is 4. The summed E-state index contributed by atoms with van der Waals surface area (Å²) in [6.45, 7) is 4.09. The van der Waals surface area contributed by atoms with Crippen molar-refractivity contribution in [1.82, 2.24) is 20.3 Å². The number of nitrogens with zero attached hydrogens (tertiary/aromatic N) is 4. The molecule has 3 aliphatic rings. The van der Waals surface area contributed by atoms with Crippen molar-refractivity contribution in [3.05, 3.63) is 36.7 Å². The summed E-state index contributed by atoms with van der Waals surface area (Å²) < 4.78 is 5.83. The fourth-order valence-electron chi connectivity index (χ4n) is 5.80. The molecule has 3 aromatic rings. The predicted octanol–water partition coefficient (Wildman–Crippen LogP) is 3.48. The van der Waals surface area contributed by atoms with Crippen LogP contribution in [0.4, 0.5) is 16.3 Å². The van der Waals surface area contributed by atoms with Gasteiger partial charge < -0.3 is 29.9 Å². The number of nitrogens with one attached hydrogen (secondary N) is 2. The quantitative estimate of drug-likeness (QED) is 0.545. The second kappa shape index (κ2) is 8.79. The van der Waals surface area contributed by atoms with Crippen LogP contribution in [-0.2, 0) is 4.74 Å². The summed E-state index contributed by atoms with van der Waals surface area (Å²) in [6, 6.07) is 8.61. The van der Waals surface area contributed by atoms with E-state index in [0.29, 0.717) is 19.1 Å². The van der Waals surface area contributed by atoms with Crippen LogP contribution in [0, 0.1) is 5.92 Å². The van der Waals surface area contributed by atoms with E-state index >= 15 is 0 Å². The Kier molecular flexibility index (Phi) is 5.49. The van der Waals surface area contributed by atoms with Crippen molar-refractivity contribution in [2.24, 2.45) is 5.92 Å². The maximum Gasteiger partial charge on any atom is 0.404 e. The van der Waals surface area contributed by atoms with Gasteiger partial charge in [-0.15, -0.1) is 0 Å². The van der Waals surface area contributed by atoms with Crippen LogP contribution in [0.3, 0.4) is 0 Å². The number of aromatic nitrogens is 3. The highest BCUT2D eigenvalue weighted by atomic mass is 16.5. The Bertz CT molecular complexity index is 1190. The molecule has 2 fully saturated rings. The fraction of sp³-hybridized carbons (Fsp3) is 0.480. The molecule has 2 aliphatic heterocycles. The fourth-order valence-corrected chi connectivity index (χ4v) is 5.80. The Morgan fingerprint density at radius 3 is 2.97 bits per heavy atom. The second-order valence-corrected chi connectivity index (χ2v) is 9.64. The normalized spacial score (nSPS) is 24.5. The number of hydrogen-bond donors (Lipinski definition) is 3. The number of ether oxygens (including phenoxy) is 1. The molecule has 3 N–H and O–H groups in total. The first-order chi connectivity index (χ1) is 16.7. The standard InChI is InChI=1S/C25H30N6O3/c32-25(33)28-17-6-4-16(5-7-17)13-30-14-18-15-34-11-10-31(18)24-22(30)12-27-23(29-24)20-2-1-3-21-19(20)8-9-26-21/h1-3,8-9,12,16-18,26,28H,4-7,10-11,13-15H2,(H,32,33)/t16?,17?,18-/m1/s1. The van der Waals surface area contributed by atoms with Crippen molar-refractivity contribution < 1.29 is 14.6 Å². The molecule has 1 amide bonds.